The SMILES string of the molecule is [c]1ccc2c(c1)OCC(c1ccc3oc4ccccc4c3c1)O2. The molecule has 0 amide bonds. The molecule has 0 saturated carbocycles. The molecule has 0 saturated heterocycles. The third kappa shape index (κ3) is 1.97. The Morgan fingerprint density at radius 2 is 1.83 bits per heavy atom. The molecule has 0 N–H and O–H groups in total. The van der Waals surface area contributed by atoms with E-state index in [9.17, 15) is 0 Å². The van der Waals surface area contributed by atoms with Crippen LogP contribution in [0.5, 0.6) is 11.5 Å². The number of fused-ring (bicyclic) bond motifs is 4. The molecule has 3 aromatic carbocycles. The Morgan fingerprint density at radius 3 is 2.83 bits per heavy atom. The molecule has 1 aromatic heterocycles. The molecule has 0 spiro atoms. The van der Waals surface area contributed by atoms with Crippen LogP contribution in [0.4, 0.5) is 0 Å². The number of ether oxygens (including phenoxy) is 2. The second-order valence-electron chi connectivity index (χ2n) is 5.64. The van der Waals surface area contributed by atoms with Crippen molar-refractivity contribution in [3.63, 3.8) is 0 Å². The topological polar surface area (TPSA) is 31.6 Å². The van der Waals surface area contributed by atoms with Crippen molar-refractivity contribution in [1.29, 1.82) is 0 Å². The summed E-state index contributed by atoms with van der Waals surface area (Å²) >= 11 is 0. The van der Waals surface area contributed by atoms with Crippen LogP contribution < -0.4 is 9.47 Å². The minimum Gasteiger partial charge on any atom is -0.485 e. The van der Waals surface area contributed by atoms with Crippen molar-refractivity contribution < 1.29 is 13.9 Å². The lowest BCUT2D eigenvalue weighted by atomic mass is 10.0. The highest BCUT2D eigenvalue weighted by molar-refractivity contribution is 6.05. The Morgan fingerprint density at radius 1 is 0.913 bits per heavy atom. The summed E-state index contributed by atoms with van der Waals surface area (Å²) in [4.78, 5) is 0. The second-order valence-corrected chi connectivity index (χ2v) is 5.64. The summed E-state index contributed by atoms with van der Waals surface area (Å²) in [6, 6.07) is 22.8. The number of hydrogen-bond donors (Lipinski definition) is 0. The van der Waals surface area contributed by atoms with Crippen molar-refractivity contribution in [1.82, 2.24) is 0 Å². The van der Waals surface area contributed by atoms with Gasteiger partial charge >= 0.3 is 0 Å². The molecule has 4 aromatic rings. The maximum Gasteiger partial charge on any atom is 0.162 e. The van der Waals surface area contributed by atoms with Crippen LogP contribution in [0.25, 0.3) is 21.9 Å². The van der Waals surface area contributed by atoms with Crippen LogP contribution >= 0.6 is 0 Å². The first-order valence-corrected chi connectivity index (χ1v) is 7.59. The van der Waals surface area contributed by atoms with Crippen molar-refractivity contribution in [2.75, 3.05) is 6.61 Å². The van der Waals surface area contributed by atoms with Crippen molar-refractivity contribution in [3.8, 4) is 11.5 Å². The quantitative estimate of drug-likeness (QED) is 0.501. The molecule has 111 valence electrons. The van der Waals surface area contributed by atoms with E-state index in [0.29, 0.717) is 6.61 Å². The zero-order chi connectivity index (χ0) is 15.2. The standard InChI is InChI=1S/C20H13O3/c1-2-6-16-14(5-1)15-11-13(9-10-17(15)22-16)20-12-21-18-7-3-4-8-19(18)23-20/h1-2,4-11,20H,12H2. The average Bonchev–Trinajstić information content (AvgIpc) is 2.99. The molecule has 1 radical (unpaired) electrons. The van der Waals surface area contributed by atoms with Crippen LogP contribution in [0.3, 0.4) is 0 Å². The normalized spacial score (nSPS) is 16.8. The third-order valence-corrected chi connectivity index (χ3v) is 4.22. The molecule has 23 heavy (non-hydrogen) atoms. The number of para-hydroxylation sites is 1. The van der Waals surface area contributed by atoms with E-state index < -0.39 is 0 Å². The van der Waals surface area contributed by atoms with Gasteiger partial charge < -0.3 is 13.9 Å². The summed E-state index contributed by atoms with van der Waals surface area (Å²) in [5.41, 5.74) is 2.88. The molecule has 1 aliphatic heterocycles. The van der Waals surface area contributed by atoms with Gasteiger partial charge in [0, 0.05) is 10.8 Å². The highest BCUT2D eigenvalue weighted by Crippen LogP contribution is 2.37. The van der Waals surface area contributed by atoms with E-state index in [1.54, 1.807) is 6.07 Å². The van der Waals surface area contributed by atoms with Gasteiger partial charge in [0.15, 0.2) is 17.6 Å². The number of hydrogen-bond acceptors (Lipinski definition) is 3. The lowest BCUT2D eigenvalue weighted by Crippen LogP contribution is -2.21. The predicted molar refractivity (Wildman–Crippen MR) is 87.9 cm³/mol. The fraction of sp³-hybridized carbons (Fsp3) is 0.100. The van der Waals surface area contributed by atoms with E-state index in [1.807, 2.05) is 42.5 Å². The molecule has 5 rings (SSSR count). The molecule has 1 unspecified atom stereocenters. The Bertz CT molecular complexity index is 1020. The van der Waals surface area contributed by atoms with Gasteiger partial charge in [-0.05, 0) is 42.0 Å². The van der Waals surface area contributed by atoms with Gasteiger partial charge in [-0.3, -0.25) is 0 Å². The fourth-order valence-corrected chi connectivity index (χ4v) is 3.07. The van der Waals surface area contributed by atoms with Crippen molar-refractivity contribution in [2.24, 2.45) is 0 Å². The monoisotopic (exact) mass is 301 g/mol. The average molecular weight is 301 g/mol. The Labute approximate surface area is 133 Å². The summed E-state index contributed by atoms with van der Waals surface area (Å²) in [5.74, 6) is 1.51. The zero-order valence-corrected chi connectivity index (χ0v) is 12.3. The van der Waals surface area contributed by atoms with E-state index in [1.165, 1.54) is 0 Å². The summed E-state index contributed by atoms with van der Waals surface area (Å²) in [6.45, 7) is 0.492. The molecular weight excluding hydrogens is 288 g/mol. The Kier molecular flexibility index (Phi) is 2.62. The van der Waals surface area contributed by atoms with Crippen LogP contribution in [0.15, 0.2) is 65.1 Å². The van der Waals surface area contributed by atoms with E-state index in [4.69, 9.17) is 13.9 Å². The maximum atomic E-state index is 6.08. The molecule has 0 aliphatic carbocycles. The molecule has 0 bridgehead atoms. The number of furan rings is 1. The van der Waals surface area contributed by atoms with Crippen LogP contribution in [-0.4, -0.2) is 6.61 Å². The third-order valence-electron chi connectivity index (χ3n) is 4.22. The lowest BCUT2D eigenvalue weighted by Gasteiger charge is -2.26. The number of benzene rings is 3. The van der Waals surface area contributed by atoms with Gasteiger partial charge in [-0.25, -0.2) is 0 Å². The van der Waals surface area contributed by atoms with Crippen molar-refractivity contribution in [2.45, 2.75) is 6.10 Å². The first kappa shape index (κ1) is 12.6. The van der Waals surface area contributed by atoms with E-state index in [0.717, 1.165) is 39.0 Å². The highest BCUT2D eigenvalue weighted by atomic mass is 16.6. The fourth-order valence-electron chi connectivity index (χ4n) is 3.07. The summed E-state index contributed by atoms with van der Waals surface area (Å²) < 4.78 is 17.7. The van der Waals surface area contributed by atoms with Gasteiger partial charge in [0.25, 0.3) is 0 Å². The Balaban J connectivity index is 1.60. The van der Waals surface area contributed by atoms with Crippen LogP contribution in [0, 0.1) is 6.07 Å². The lowest BCUT2D eigenvalue weighted by molar-refractivity contribution is 0.0913. The molecule has 1 atom stereocenters. The zero-order valence-electron chi connectivity index (χ0n) is 12.3. The van der Waals surface area contributed by atoms with Crippen LogP contribution in [-0.2, 0) is 0 Å². The first-order valence-electron chi connectivity index (χ1n) is 7.59. The molecular formula is C20H13O3. The van der Waals surface area contributed by atoms with Gasteiger partial charge in [-0.1, -0.05) is 30.3 Å². The summed E-state index contributed by atoms with van der Waals surface area (Å²) in [6.07, 6.45) is -0.122. The van der Waals surface area contributed by atoms with E-state index in [-0.39, 0.29) is 6.10 Å². The Hall–Kier alpha value is -2.94. The largest absolute Gasteiger partial charge is 0.485 e. The predicted octanol–water partition coefficient (Wildman–Crippen LogP) is 4.90. The minimum absolute atomic E-state index is 0.122. The van der Waals surface area contributed by atoms with E-state index >= 15 is 0 Å². The summed E-state index contributed by atoms with van der Waals surface area (Å²) in [7, 11) is 0. The van der Waals surface area contributed by atoms with Gasteiger partial charge in [-0.15, -0.1) is 0 Å². The summed E-state index contributed by atoms with van der Waals surface area (Å²) in [5, 5.41) is 2.23. The van der Waals surface area contributed by atoms with Gasteiger partial charge in [0.05, 0.1) is 0 Å². The molecule has 3 heteroatoms. The van der Waals surface area contributed by atoms with Gasteiger partial charge in [0.1, 0.15) is 17.8 Å². The van der Waals surface area contributed by atoms with Gasteiger partial charge in [-0.2, -0.15) is 0 Å². The number of rotatable bonds is 1. The van der Waals surface area contributed by atoms with Crippen LogP contribution in [0.1, 0.15) is 11.7 Å². The molecule has 1 aliphatic rings. The second kappa shape index (κ2) is 4.78. The van der Waals surface area contributed by atoms with E-state index in [2.05, 4.69) is 18.2 Å². The smallest absolute Gasteiger partial charge is 0.162 e. The molecule has 2 heterocycles. The highest BCUT2D eigenvalue weighted by Gasteiger charge is 2.23. The van der Waals surface area contributed by atoms with Crippen LogP contribution in [0.2, 0.25) is 0 Å². The molecule has 0 fully saturated rings. The minimum atomic E-state index is -0.122. The molecule has 3 nitrogen and oxygen atoms in total. The van der Waals surface area contributed by atoms with Crippen molar-refractivity contribution >= 4 is 21.9 Å². The van der Waals surface area contributed by atoms with Gasteiger partial charge in [0.2, 0.25) is 0 Å². The van der Waals surface area contributed by atoms with Crippen molar-refractivity contribution in [3.05, 3.63) is 72.3 Å². The maximum absolute atomic E-state index is 6.08. The first-order chi connectivity index (χ1) is 11.4.